The van der Waals surface area contributed by atoms with Crippen LogP contribution in [0.15, 0.2) is 12.2 Å². The van der Waals surface area contributed by atoms with Gasteiger partial charge in [-0.1, -0.05) is 12.2 Å². The Labute approximate surface area is 104 Å². The lowest BCUT2D eigenvalue weighted by Crippen LogP contribution is -2.51. The molecule has 5 nitrogen and oxygen atoms in total. The summed E-state index contributed by atoms with van der Waals surface area (Å²) < 4.78 is 9.80. The summed E-state index contributed by atoms with van der Waals surface area (Å²) in [5.74, 6) is -2.65. The van der Waals surface area contributed by atoms with E-state index in [2.05, 4.69) is 0 Å². The molecule has 4 rings (SSSR count). The smallest absolute Gasteiger partial charge is 0.318 e. The number of esters is 3. The van der Waals surface area contributed by atoms with Gasteiger partial charge in [-0.3, -0.25) is 14.4 Å². The predicted molar refractivity (Wildman–Crippen MR) is 59.0 cm³/mol. The highest BCUT2D eigenvalue weighted by atomic mass is 16.6. The zero-order chi connectivity index (χ0) is 12.9. The van der Waals surface area contributed by atoms with Crippen LogP contribution in [0.5, 0.6) is 0 Å². The molecule has 0 spiro atoms. The average molecular weight is 250 g/mol. The molecular formula is C13H14O5. The Kier molecular flexibility index (Phi) is 2.33. The van der Waals surface area contributed by atoms with Crippen LogP contribution >= 0.6 is 0 Å². The first-order valence-electron chi connectivity index (χ1n) is 6.22. The monoisotopic (exact) mass is 250 g/mol. The van der Waals surface area contributed by atoms with Gasteiger partial charge in [0.1, 0.15) is 5.41 Å². The maximum Gasteiger partial charge on any atom is 0.318 e. The second-order valence-electron chi connectivity index (χ2n) is 5.07. The second-order valence-corrected chi connectivity index (χ2v) is 5.07. The molecule has 0 aromatic rings. The fourth-order valence-corrected chi connectivity index (χ4v) is 3.47. The van der Waals surface area contributed by atoms with Crippen molar-refractivity contribution < 1.29 is 23.9 Å². The molecule has 0 amide bonds. The lowest BCUT2D eigenvalue weighted by molar-refractivity contribution is -0.165. The Morgan fingerprint density at radius 3 is 2.89 bits per heavy atom. The van der Waals surface area contributed by atoms with Crippen LogP contribution < -0.4 is 0 Å². The summed E-state index contributed by atoms with van der Waals surface area (Å²) in [6.07, 6.45) is 4.89. The van der Waals surface area contributed by atoms with E-state index >= 15 is 0 Å². The molecule has 96 valence electrons. The molecule has 1 saturated carbocycles. The van der Waals surface area contributed by atoms with E-state index in [-0.39, 0.29) is 12.5 Å². The maximum atomic E-state index is 12.2. The molecule has 18 heavy (non-hydrogen) atoms. The van der Waals surface area contributed by atoms with E-state index in [4.69, 9.17) is 9.47 Å². The Bertz CT molecular complexity index is 466. The Morgan fingerprint density at radius 2 is 2.28 bits per heavy atom. The van der Waals surface area contributed by atoms with E-state index in [9.17, 15) is 14.4 Å². The number of cyclic esters (lactones) is 2. The fourth-order valence-electron chi connectivity index (χ4n) is 3.47. The third kappa shape index (κ3) is 1.24. The van der Waals surface area contributed by atoms with Gasteiger partial charge in [-0.2, -0.15) is 0 Å². The summed E-state index contributed by atoms with van der Waals surface area (Å²) in [4.78, 5) is 35.7. The van der Waals surface area contributed by atoms with E-state index in [0.717, 1.165) is 6.42 Å². The molecule has 3 aliphatic carbocycles. The molecule has 4 aliphatic rings. The van der Waals surface area contributed by atoms with Crippen LogP contribution in [-0.4, -0.2) is 24.5 Å². The highest BCUT2D eigenvalue weighted by molar-refractivity contribution is 6.01. The van der Waals surface area contributed by atoms with Gasteiger partial charge in [-0.05, 0) is 25.7 Å². The first kappa shape index (κ1) is 11.4. The van der Waals surface area contributed by atoms with Gasteiger partial charge in [0.2, 0.25) is 0 Å². The molecule has 0 radical (unpaired) electrons. The van der Waals surface area contributed by atoms with Crippen LogP contribution in [-0.2, 0) is 23.9 Å². The van der Waals surface area contributed by atoms with Crippen molar-refractivity contribution in [3.8, 4) is 0 Å². The average Bonchev–Trinajstić information content (AvgIpc) is 2.69. The van der Waals surface area contributed by atoms with Gasteiger partial charge in [0, 0.05) is 0 Å². The van der Waals surface area contributed by atoms with Crippen LogP contribution in [0.2, 0.25) is 0 Å². The second kappa shape index (κ2) is 3.67. The normalized spacial score (nSPS) is 40.6. The first-order chi connectivity index (χ1) is 8.60. The third-order valence-electron chi connectivity index (χ3n) is 4.29. The van der Waals surface area contributed by atoms with Gasteiger partial charge < -0.3 is 9.47 Å². The van der Waals surface area contributed by atoms with Gasteiger partial charge >= 0.3 is 17.9 Å². The zero-order valence-corrected chi connectivity index (χ0v) is 10.0. The van der Waals surface area contributed by atoms with Crippen molar-refractivity contribution >= 4 is 17.9 Å². The quantitative estimate of drug-likeness (QED) is 0.412. The molecule has 0 unspecified atom stereocenters. The minimum absolute atomic E-state index is 0.0188. The van der Waals surface area contributed by atoms with Crippen molar-refractivity contribution in [1.82, 2.24) is 0 Å². The number of hydrogen-bond donors (Lipinski definition) is 0. The van der Waals surface area contributed by atoms with E-state index in [1.165, 1.54) is 0 Å². The molecule has 1 aliphatic heterocycles. The number of rotatable bonds is 2. The van der Waals surface area contributed by atoms with E-state index < -0.39 is 35.2 Å². The molecule has 0 N–H and O–H groups in total. The summed E-state index contributed by atoms with van der Waals surface area (Å²) in [5, 5.41) is 0. The lowest BCUT2D eigenvalue weighted by atomic mass is 9.55. The van der Waals surface area contributed by atoms with Crippen molar-refractivity contribution in [3.63, 3.8) is 0 Å². The van der Waals surface area contributed by atoms with Gasteiger partial charge in [0.05, 0.1) is 18.4 Å². The van der Waals surface area contributed by atoms with Crippen LogP contribution in [0.1, 0.15) is 19.8 Å². The Morgan fingerprint density at radius 1 is 1.50 bits per heavy atom. The standard InChI is InChI=1S/C13H14O5/c1-2-17-12(16)13-5-3-7(4-6-13)8-9(13)11(15)18-10(8)14/h3,5,7-9H,2,4,6H2,1H3/t7-,8+,9-,13-/m0/s1. The van der Waals surface area contributed by atoms with E-state index in [1.807, 2.05) is 6.08 Å². The van der Waals surface area contributed by atoms with Gasteiger partial charge in [0.25, 0.3) is 0 Å². The van der Waals surface area contributed by atoms with Crippen LogP contribution in [0, 0.1) is 23.2 Å². The number of hydrogen-bond acceptors (Lipinski definition) is 5. The number of allylic oxidation sites excluding steroid dienone is 1. The minimum atomic E-state index is -0.987. The topological polar surface area (TPSA) is 69.7 Å². The summed E-state index contributed by atoms with van der Waals surface area (Å²) in [5.41, 5.74) is -0.987. The molecule has 2 fully saturated rings. The number of carbonyl (C=O) groups is 3. The molecule has 4 atom stereocenters. The SMILES string of the molecule is CCOC(=O)[C@@]12C=C[C@@H](CC1)[C@H]1C(=O)OC(=O)[C@H]12. The number of ether oxygens (including phenoxy) is 2. The van der Waals surface area contributed by atoms with Gasteiger partial charge in [-0.25, -0.2) is 0 Å². The van der Waals surface area contributed by atoms with Gasteiger partial charge in [0.15, 0.2) is 0 Å². The third-order valence-corrected chi connectivity index (χ3v) is 4.29. The van der Waals surface area contributed by atoms with E-state index in [0.29, 0.717) is 6.42 Å². The Balaban J connectivity index is 2.05. The summed E-state index contributed by atoms with van der Waals surface area (Å²) in [6.45, 7) is 1.99. The first-order valence-corrected chi connectivity index (χ1v) is 6.22. The lowest BCUT2D eigenvalue weighted by Gasteiger charge is -2.45. The van der Waals surface area contributed by atoms with E-state index in [1.54, 1.807) is 13.0 Å². The molecule has 0 aromatic heterocycles. The number of carbonyl (C=O) groups excluding carboxylic acids is 3. The summed E-state index contributed by atoms with van der Waals surface area (Å²) in [7, 11) is 0. The molecular weight excluding hydrogens is 236 g/mol. The summed E-state index contributed by atoms with van der Waals surface area (Å²) in [6, 6.07) is 0. The number of fused-ring (bicyclic) bond motifs is 1. The van der Waals surface area contributed by atoms with Crippen LogP contribution in [0.25, 0.3) is 0 Å². The molecule has 0 aromatic carbocycles. The molecule has 1 heterocycles. The minimum Gasteiger partial charge on any atom is -0.465 e. The predicted octanol–water partition coefficient (Wildman–Crippen LogP) is 0.831. The van der Waals surface area contributed by atoms with Gasteiger partial charge in [-0.15, -0.1) is 0 Å². The largest absolute Gasteiger partial charge is 0.465 e. The molecule has 5 heteroatoms. The van der Waals surface area contributed by atoms with Crippen molar-refractivity contribution in [2.45, 2.75) is 19.8 Å². The van der Waals surface area contributed by atoms with Crippen molar-refractivity contribution in [2.24, 2.45) is 23.2 Å². The van der Waals surface area contributed by atoms with Crippen LogP contribution in [0.4, 0.5) is 0 Å². The molecule has 1 saturated heterocycles. The summed E-state index contributed by atoms with van der Waals surface area (Å²) >= 11 is 0. The highest BCUT2D eigenvalue weighted by Gasteiger charge is 2.65. The van der Waals surface area contributed by atoms with Crippen molar-refractivity contribution in [1.29, 1.82) is 0 Å². The fraction of sp³-hybridized carbons (Fsp3) is 0.615. The Hall–Kier alpha value is -1.65. The molecule has 2 bridgehead atoms. The maximum absolute atomic E-state index is 12.2. The zero-order valence-electron chi connectivity index (χ0n) is 10.0. The van der Waals surface area contributed by atoms with Crippen LogP contribution in [0.3, 0.4) is 0 Å². The van der Waals surface area contributed by atoms with Crippen molar-refractivity contribution in [2.75, 3.05) is 6.61 Å². The van der Waals surface area contributed by atoms with Crippen molar-refractivity contribution in [3.05, 3.63) is 12.2 Å². The highest BCUT2D eigenvalue weighted by Crippen LogP contribution is 2.56.